The fraction of sp³-hybridized carbons (Fsp3) is 0.684. The largest absolute Gasteiger partial charge is 0.350 e. The number of nitrogens with one attached hydrogen (secondary N) is 1. The molecular weight excluding hydrogens is 434 g/mol. The van der Waals surface area contributed by atoms with E-state index in [1.165, 1.54) is 6.92 Å². The fourth-order valence-electron chi connectivity index (χ4n) is 3.72. The van der Waals surface area contributed by atoms with Gasteiger partial charge in [0.2, 0.25) is 11.8 Å². The number of hydrogen-bond donors (Lipinski definition) is 1. The summed E-state index contributed by atoms with van der Waals surface area (Å²) in [5.41, 5.74) is -0.105. The Morgan fingerprint density at radius 3 is 2.73 bits per heavy atom. The molecule has 1 aromatic heterocycles. The summed E-state index contributed by atoms with van der Waals surface area (Å²) in [6, 6.07) is -0.438. The van der Waals surface area contributed by atoms with Crippen molar-refractivity contribution >= 4 is 40.8 Å². The fourth-order valence-corrected chi connectivity index (χ4v) is 5.62. The summed E-state index contributed by atoms with van der Waals surface area (Å²) >= 11 is 2.25. The number of piperidine rings is 1. The lowest BCUT2D eigenvalue weighted by molar-refractivity contribution is -0.145. The third-order valence-electron chi connectivity index (χ3n) is 5.90. The molecule has 0 bridgehead atoms. The van der Waals surface area contributed by atoms with Gasteiger partial charge in [0.15, 0.2) is 5.01 Å². The molecule has 1 aromatic rings. The smallest absolute Gasteiger partial charge is 0.280 e. The number of amides is 3. The Balaban J connectivity index is 1.62. The van der Waals surface area contributed by atoms with Crippen molar-refractivity contribution in [3.8, 4) is 0 Å². The van der Waals surface area contributed by atoms with E-state index in [0.29, 0.717) is 42.6 Å². The number of carbonyl (C=O) groups is 3. The van der Waals surface area contributed by atoms with Crippen molar-refractivity contribution in [1.82, 2.24) is 20.1 Å². The molecule has 1 unspecified atom stereocenters. The van der Waals surface area contributed by atoms with E-state index in [0.717, 1.165) is 12.6 Å². The highest BCUT2D eigenvalue weighted by Crippen LogP contribution is 2.36. The molecule has 0 saturated carbocycles. The SMILES string of the molecule is CC(=O)N1CSC[C@@H]1C(=O)N1CCC(C)(C)C(CNC(=O)c2ncc(C(F)F)s2)C1. The van der Waals surface area contributed by atoms with Gasteiger partial charge in [-0.2, -0.15) is 0 Å². The molecule has 7 nitrogen and oxygen atoms in total. The van der Waals surface area contributed by atoms with Crippen LogP contribution < -0.4 is 5.32 Å². The maximum atomic E-state index is 13.1. The van der Waals surface area contributed by atoms with E-state index >= 15 is 0 Å². The Hall–Kier alpha value is -1.75. The first-order valence-electron chi connectivity index (χ1n) is 9.76. The van der Waals surface area contributed by atoms with E-state index in [2.05, 4.69) is 24.1 Å². The summed E-state index contributed by atoms with van der Waals surface area (Å²) in [5, 5.41) is 2.80. The van der Waals surface area contributed by atoms with Crippen LogP contribution in [0.4, 0.5) is 8.78 Å². The van der Waals surface area contributed by atoms with Gasteiger partial charge in [0, 0.05) is 38.5 Å². The van der Waals surface area contributed by atoms with Crippen LogP contribution in [0.15, 0.2) is 6.20 Å². The highest BCUT2D eigenvalue weighted by molar-refractivity contribution is 7.99. The molecule has 2 aliphatic heterocycles. The lowest BCUT2D eigenvalue weighted by Crippen LogP contribution is -2.55. The second kappa shape index (κ2) is 9.17. The Morgan fingerprint density at radius 2 is 2.10 bits per heavy atom. The number of likely N-dealkylation sites (tertiary alicyclic amines) is 1. The molecule has 0 aromatic carbocycles. The number of alkyl halides is 2. The van der Waals surface area contributed by atoms with Crippen LogP contribution in [-0.4, -0.2) is 69.8 Å². The number of halogens is 2. The van der Waals surface area contributed by atoms with Gasteiger partial charge in [0.05, 0.1) is 10.8 Å². The average Bonchev–Trinajstić information content (AvgIpc) is 3.35. The van der Waals surface area contributed by atoms with Crippen molar-refractivity contribution in [2.24, 2.45) is 11.3 Å². The molecule has 2 atom stereocenters. The number of aromatic nitrogens is 1. The normalized spacial score (nSPS) is 23.7. The number of hydrogen-bond acceptors (Lipinski definition) is 6. The van der Waals surface area contributed by atoms with Crippen LogP contribution in [-0.2, 0) is 9.59 Å². The zero-order valence-corrected chi connectivity index (χ0v) is 18.8. The average molecular weight is 461 g/mol. The Labute approximate surface area is 182 Å². The number of nitrogens with zero attached hydrogens (tertiary/aromatic N) is 3. The molecular formula is C19H26F2N4O3S2. The highest BCUT2D eigenvalue weighted by atomic mass is 32.2. The minimum atomic E-state index is -2.65. The van der Waals surface area contributed by atoms with Crippen LogP contribution in [0.2, 0.25) is 0 Å². The zero-order chi connectivity index (χ0) is 22.1. The van der Waals surface area contributed by atoms with Crippen LogP contribution in [0.1, 0.15) is 48.3 Å². The first kappa shape index (κ1) is 22.9. The third-order valence-corrected chi connectivity index (χ3v) is 7.91. The summed E-state index contributed by atoms with van der Waals surface area (Å²) < 4.78 is 25.4. The molecule has 11 heteroatoms. The summed E-state index contributed by atoms with van der Waals surface area (Å²) in [5.74, 6) is 0.471. The van der Waals surface area contributed by atoms with Crippen molar-refractivity contribution in [2.75, 3.05) is 31.3 Å². The van der Waals surface area contributed by atoms with Gasteiger partial charge in [-0.15, -0.1) is 23.1 Å². The van der Waals surface area contributed by atoms with Gasteiger partial charge < -0.3 is 15.1 Å². The van der Waals surface area contributed by atoms with Gasteiger partial charge in [-0.25, -0.2) is 13.8 Å². The molecule has 30 heavy (non-hydrogen) atoms. The van der Waals surface area contributed by atoms with E-state index in [1.54, 1.807) is 21.6 Å². The van der Waals surface area contributed by atoms with Crippen LogP contribution in [0.25, 0.3) is 0 Å². The Morgan fingerprint density at radius 1 is 1.37 bits per heavy atom. The first-order chi connectivity index (χ1) is 14.1. The second-order valence-corrected chi connectivity index (χ2v) is 10.4. The molecule has 2 fully saturated rings. The standard InChI is InChI=1S/C19H26F2N4O3S2/c1-11(26)25-10-29-9-13(25)18(28)24-5-4-19(2,3)12(8-24)6-22-16(27)17-23-7-14(30-17)15(20)21/h7,12-13,15H,4-6,8-10H2,1-3H3,(H,22,27)/t12?,13-/m1/s1. The monoisotopic (exact) mass is 460 g/mol. The highest BCUT2D eigenvalue weighted by Gasteiger charge is 2.41. The molecule has 3 amide bonds. The van der Waals surface area contributed by atoms with Crippen molar-refractivity contribution in [3.63, 3.8) is 0 Å². The quantitative estimate of drug-likeness (QED) is 0.731. The lowest BCUT2D eigenvalue weighted by Gasteiger charge is -2.45. The maximum Gasteiger partial charge on any atom is 0.280 e. The zero-order valence-electron chi connectivity index (χ0n) is 17.2. The van der Waals surface area contributed by atoms with E-state index in [-0.39, 0.29) is 33.0 Å². The van der Waals surface area contributed by atoms with Crippen molar-refractivity contribution in [1.29, 1.82) is 0 Å². The minimum absolute atomic E-state index is 0.00600. The van der Waals surface area contributed by atoms with Crippen molar-refractivity contribution in [2.45, 2.75) is 39.7 Å². The van der Waals surface area contributed by atoms with Gasteiger partial charge in [-0.05, 0) is 17.8 Å². The molecule has 0 spiro atoms. The molecule has 3 rings (SSSR count). The molecule has 0 aliphatic carbocycles. The summed E-state index contributed by atoms with van der Waals surface area (Å²) in [4.78, 5) is 44.1. The van der Waals surface area contributed by atoms with Gasteiger partial charge >= 0.3 is 0 Å². The molecule has 2 aliphatic rings. The molecule has 3 heterocycles. The van der Waals surface area contributed by atoms with Crippen LogP contribution in [0.3, 0.4) is 0 Å². The van der Waals surface area contributed by atoms with E-state index in [4.69, 9.17) is 0 Å². The maximum absolute atomic E-state index is 13.1. The predicted molar refractivity (Wildman–Crippen MR) is 112 cm³/mol. The minimum Gasteiger partial charge on any atom is -0.350 e. The number of rotatable bonds is 5. The summed E-state index contributed by atoms with van der Waals surface area (Å²) in [6.45, 7) is 7.05. The third kappa shape index (κ3) is 4.93. The lowest BCUT2D eigenvalue weighted by atomic mass is 9.73. The first-order valence-corrected chi connectivity index (χ1v) is 11.7. The molecule has 166 valence electrons. The molecule has 0 radical (unpaired) electrons. The van der Waals surface area contributed by atoms with Crippen molar-refractivity contribution in [3.05, 3.63) is 16.1 Å². The van der Waals surface area contributed by atoms with Crippen LogP contribution in [0.5, 0.6) is 0 Å². The summed E-state index contributed by atoms with van der Waals surface area (Å²) in [7, 11) is 0. The number of thiazole rings is 1. The predicted octanol–water partition coefficient (Wildman–Crippen LogP) is 2.61. The van der Waals surface area contributed by atoms with Crippen LogP contribution >= 0.6 is 23.1 Å². The van der Waals surface area contributed by atoms with E-state index in [9.17, 15) is 23.2 Å². The summed E-state index contributed by atoms with van der Waals surface area (Å²) in [6.07, 6.45) is -0.856. The van der Waals surface area contributed by atoms with E-state index in [1.807, 2.05) is 0 Å². The number of carbonyl (C=O) groups excluding carboxylic acids is 3. The molecule has 1 N–H and O–H groups in total. The second-order valence-electron chi connectivity index (χ2n) is 8.30. The van der Waals surface area contributed by atoms with Gasteiger partial charge in [0.1, 0.15) is 6.04 Å². The Bertz CT molecular complexity index is 817. The topological polar surface area (TPSA) is 82.6 Å². The van der Waals surface area contributed by atoms with Crippen LogP contribution in [0, 0.1) is 11.3 Å². The van der Waals surface area contributed by atoms with Gasteiger partial charge in [0.25, 0.3) is 12.3 Å². The van der Waals surface area contributed by atoms with E-state index < -0.39 is 18.4 Å². The van der Waals surface area contributed by atoms with Gasteiger partial charge in [-0.1, -0.05) is 13.8 Å². The molecule has 2 saturated heterocycles. The van der Waals surface area contributed by atoms with Crippen molar-refractivity contribution < 1.29 is 23.2 Å². The van der Waals surface area contributed by atoms with Gasteiger partial charge in [-0.3, -0.25) is 14.4 Å². The Kier molecular flexibility index (Phi) is 7.01. The number of thioether (sulfide) groups is 1.